The number of anilines is 1. The molecule has 0 saturated heterocycles. The number of hydrogen-bond acceptors (Lipinski definition) is 3. The van der Waals surface area contributed by atoms with Crippen molar-refractivity contribution in [2.75, 3.05) is 5.32 Å². The minimum absolute atomic E-state index is 0.0933. The van der Waals surface area contributed by atoms with Crippen molar-refractivity contribution in [3.05, 3.63) is 53.1 Å². The van der Waals surface area contributed by atoms with E-state index in [0.717, 1.165) is 15.5 Å². The van der Waals surface area contributed by atoms with E-state index in [1.165, 1.54) is 6.92 Å². The average Bonchev–Trinajstić information content (AvgIpc) is 2.41. The fourth-order valence-electron chi connectivity index (χ4n) is 1.60. The third-order valence-corrected chi connectivity index (χ3v) is 3.78. The molecule has 0 atom stereocenters. The number of nitrogens with one attached hydrogen (secondary N) is 1. The first-order valence-corrected chi connectivity index (χ1v) is 7.03. The molecule has 2 aromatic rings. The van der Waals surface area contributed by atoms with Crippen LogP contribution < -0.4 is 5.32 Å². The van der Waals surface area contributed by atoms with Crippen molar-refractivity contribution in [3.63, 3.8) is 0 Å². The third kappa shape index (κ3) is 3.77. The lowest BCUT2D eigenvalue weighted by Crippen LogP contribution is -2.05. The molecule has 2 rings (SSSR count). The topological polar surface area (TPSA) is 52.9 Å². The van der Waals surface area contributed by atoms with Gasteiger partial charge in [0.15, 0.2) is 0 Å². The highest BCUT2D eigenvalue weighted by Crippen LogP contribution is 2.31. The summed E-state index contributed by atoms with van der Waals surface area (Å²) in [4.78, 5) is 12.9. The maximum Gasteiger partial charge on any atom is 0.221 e. The quantitative estimate of drug-likeness (QED) is 0.918. The Labute approximate surface area is 126 Å². The van der Waals surface area contributed by atoms with Crippen molar-refractivity contribution in [1.29, 1.82) is 5.26 Å². The predicted molar refractivity (Wildman–Crippen MR) is 81.0 cm³/mol. The van der Waals surface area contributed by atoms with Crippen molar-refractivity contribution >= 4 is 35.0 Å². The van der Waals surface area contributed by atoms with E-state index in [1.807, 2.05) is 36.4 Å². The zero-order valence-electron chi connectivity index (χ0n) is 10.7. The SMILES string of the molecule is CC(=O)Nc1ccc(Sc2ccc(C#N)c(Cl)c2)cc1. The Morgan fingerprint density at radius 1 is 1.20 bits per heavy atom. The number of carbonyl (C=O) groups is 1. The number of hydrogen-bond donors (Lipinski definition) is 1. The Bertz CT molecular complexity index is 677. The molecule has 1 N–H and O–H groups in total. The van der Waals surface area contributed by atoms with Gasteiger partial charge in [0.25, 0.3) is 0 Å². The number of nitriles is 1. The Morgan fingerprint density at radius 2 is 1.85 bits per heavy atom. The summed E-state index contributed by atoms with van der Waals surface area (Å²) in [5.74, 6) is -0.0933. The summed E-state index contributed by atoms with van der Waals surface area (Å²) in [6.45, 7) is 1.47. The van der Waals surface area contributed by atoms with Gasteiger partial charge in [0.1, 0.15) is 6.07 Å². The van der Waals surface area contributed by atoms with E-state index in [1.54, 1.807) is 23.9 Å². The van der Waals surface area contributed by atoms with Crippen molar-refractivity contribution in [3.8, 4) is 6.07 Å². The Kier molecular flexibility index (Phi) is 4.67. The summed E-state index contributed by atoms with van der Waals surface area (Å²) in [5.41, 5.74) is 1.23. The van der Waals surface area contributed by atoms with E-state index < -0.39 is 0 Å². The van der Waals surface area contributed by atoms with Crippen LogP contribution in [0.4, 0.5) is 5.69 Å². The Morgan fingerprint density at radius 3 is 2.40 bits per heavy atom. The molecule has 0 heterocycles. The van der Waals surface area contributed by atoms with E-state index in [0.29, 0.717) is 10.6 Å². The van der Waals surface area contributed by atoms with Crippen LogP contribution in [0.3, 0.4) is 0 Å². The van der Waals surface area contributed by atoms with Gasteiger partial charge in [0.05, 0.1) is 10.6 Å². The number of carbonyl (C=O) groups excluding carboxylic acids is 1. The molecule has 3 nitrogen and oxygen atoms in total. The first kappa shape index (κ1) is 14.4. The molecule has 100 valence electrons. The van der Waals surface area contributed by atoms with Crippen LogP contribution in [0.2, 0.25) is 5.02 Å². The van der Waals surface area contributed by atoms with Gasteiger partial charge in [-0.3, -0.25) is 4.79 Å². The van der Waals surface area contributed by atoms with Crippen LogP contribution in [0.15, 0.2) is 52.3 Å². The first-order chi connectivity index (χ1) is 9.58. The second kappa shape index (κ2) is 6.47. The van der Waals surface area contributed by atoms with E-state index >= 15 is 0 Å². The number of nitrogens with zero attached hydrogens (tertiary/aromatic N) is 1. The summed E-state index contributed by atoms with van der Waals surface area (Å²) in [6, 6.07) is 14.9. The summed E-state index contributed by atoms with van der Waals surface area (Å²) in [5, 5.41) is 12.0. The van der Waals surface area contributed by atoms with Gasteiger partial charge in [-0.05, 0) is 42.5 Å². The van der Waals surface area contributed by atoms with Gasteiger partial charge in [0.2, 0.25) is 5.91 Å². The second-order valence-electron chi connectivity index (χ2n) is 4.06. The zero-order chi connectivity index (χ0) is 14.5. The lowest BCUT2D eigenvalue weighted by atomic mass is 10.2. The van der Waals surface area contributed by atoms with Crippen LogP contribution in [-0.4, -0.2) is 5.91 Å². The minimum Gasteiger partial charge on any atom is -0.326 e. The number of benzene rings is 2. The van der Waals surface area contributed by atoms with Crippen molar-refractivity contribution in [1.82, 2.24) is 0 Å². The molecule has 0 bridgehead atoms. The molecular formula is C15H11ClN2OS. The maximum atomic E-state index is 10.9. The van der Waals surface area contributed by atoms with Crippen molar-refractivity contribution in [2.45, 2.75) is 16.7 Å². The van der Waals surface area contributed by atoms with E-state index in [2.05, 4.69) is 5.32 Å². The van der Waals surface area contributed by atoms with E-state index in [9.17, 15) is 4.79 Å². The highest BCUT2D eigenvalue weighted by molar-refractivity contribution is 7.99. The fraction of sp³-hybridized carbons (Fsp3) is 0.0667. The normalized spacial score (nSPS) is 9.85. The molecule has 2 aromatic carbocycles. The highest BCUT2D eigenvalue weighted by Gasteiger charge is 2.03. The molecule has 0 aliphatic rings. The van der Waals surface area contributed by atoms with Gasteiger partial charge in [-0.25, -0.2) is 0 Å². The largest absolute Gasteiger partial charge is 0.326 e. The number of rotatable bonds is 3. The Hall–Kier alpha value is -1.96. The molecule has 0 spiro atoms. The first-order valence-electron chi connectivity index (χ1n) is 5.83. The molecule has 5 heteroatoms. The molecule has 0 unspecified atom stereocenters. The van der Waals surface area contributed by atoms with E-state index in [4.69, 9.17) is 16.9 Å². The molecule has 0 saturated carbocycles. The van der Waals surface area contributed by atoms with Gasteiger partial charge in [-0.1, -0.05) is 23.4 Å². The molecule has 20 heavy (non-hydrogen) atoms. The van der Waals surface area contributed by atoms with Crippen LogP contribution in [-0.2, 0) is 4.79 Å². The summed E-state index contributed by atoms with van der Waals surface area (Å²) in [6.07, 6.45) is 0. The standard InChI is InChI=1S/C15H11ClN2OS/c1-10(19)18-12-3-6-13(7-4-12)20-14-5-2-11(9-17)15(16)8-14/h2-8H,1H3,(H,18,19). The summed E-state index contributed by atoms with van der Waals surface area (Å²) in [7, 11) is 0. The van der Waals surface area contributed by atoms with Crippen molar-refractivity contribution < 1.29 is 4.79 Å². The average molecular weight is 303 g/mol. The molecule has 0 aromatic heterocycles. The molecule has 0 aliphatic carbocycles. The van der Waals surface area contributed by atoms with Crippen LogP contribution in [0.5, 0.6) is 0 Å². The minimum atomic E-state index is -0.0933. The second-order valence-corrected chi connectivity index (χ2v) is 5.62. The van der Waals surface area contributed by atoms with Crippen LogP contribution in [0.25, 0.3) is 0 Å². The lowest BCUT2D eigenvalue weighted by molar-refractivity contribution is -0.114. The van der Waals surface area contributed by atoms with Crippen molar-refractivity contribution in [2.24, 2.45) is 0 Å². The number of amides is 1. The lowest BCUT2D eigenvalue weighted by Gasteiger charge is -2.05. The zero-order valence-corrected chi connectivity index (χ0v) is 12.3. The Balaban J connectivity index is 2.12. The predicted octanol–water partition coefficient (Wildman–Crippen LogP) is 4.32. The molecule has 0 fully saturated rings. The molecular weight excluding hydrogens is 292 g/mol. The van der Waals surface area contributed by atoms with Gasteiger partial charge < -0.3 is 5.32 Å². The molecule has 1 amide bonds. The van der Waals surface area contributed by atoms with Crippen LogP contribution in [0, 0.1) is 11.3 Å². The van der Waals surface area contributed by atoms with Crippen LogP contribution in [0.1, 0.15) is 12.5 Å². The summed E-state index contributed by atoms with van der Waals surface area (Å²) >= 11 is 7.54. The monoisotopic (exact) mass is 302 g/mol. The molecule has 0 radical (unpaired) electrons. The third-order valence-electron chi connectivity index (χ3n) is 2.47. The fourth-order valence-corrected chi connectivity index (χ4v) is 2.74. The van der Waals surface area contributed by atoms with Gasteiger partial charge in [-0.15, -0.1) is 0 Å². The smallest absolute Gasteiger partial charge is 0.221 e. The highest BCUT2D eigenvalue weighted by atomic mass is 35.5. The van der Waals surface area contributed by atoms with Gasteiger partial charge in [0, 0.05) is 22.4 Å². The number of halogens is 1. The van der Waals surface area contributed by atoms with Gasteiger partial charge in [-0.2, -0.15) is 5.26 Å². The molecule has 0 aliphatic heterocycles. The van der Waals surface area contributed by atoms with Crippen LogP contribution >= 0.6 is 23.4 Å². The summed E-state index contributed by atoms with van der Waals surface area (Å²) < 4.78 is 0. The maximum absolute atomic E-state index is 10.9. The van der Waals surface area contributed by atoms with Gasteiger partial charge >= 0.3 is 0 Å². The van der Waals surface area contributed by atoms with E-state index in [-0.39, 0.29) is 5.91 Å².